The van der Waals surface area contributed by atoms with Gasteiger partial charge in [0.05, 0.1) is 4.92 Å². The molecule has 0 bridgehead atoms. The van der Waals surface area contributed by atoms with Crippen LogP contribution in [0.3, 0.4) is 0 Å². The molecule has 1 aliphatic heterocycles. The standard InChI is InChI=1S/C14H25N5O2/c1-5-10-12(19(20)21)13(18(4)17-10)16-9-11-14(2,3)7-6-8-15-11/h11,15-16H,5-9H2,1-4H3. The number of aryl methyl sites for hydroxylation is 2. The molecule has 0 amide bonds. The molecule has 1 unspecified atom stereocenters. The van der Waals surface area contributed by atoms with E-state index in [0.29, 0.717) is 30.5 Å². The van der Waals surface area contributed by atoms with Gasteiger partial charge in [-0.15, -0.1) is 0 Å². The lowest BCUT2D eigenvalue weighted by molar-refractivity contribution is -0.384. The van der Waals surface area contributed by atoms with E-state index < -0.39 is 0 Å². The normalized spacial score (nSPS) is 21.2. The molecule has 0 spiro atoms. The van der Waals surface area contributed by atoms with Gasteiger partial charge in [0, 0.05) is 19.6 Å². The van der Waals surface area contributed by atoms with E-state index in [2.05, 4.69) is 29.6 Å². The largest absolute Gasteiger partial charge is 0.363 e. The minimum absolute atomic E-state index is 0.105. The molecule has 1 aromatic rings. The van der Waals surface area contributed by atoms with Gasteiger partial charge in [-0.25, -0.2) is 4.68 Å². The van der Waals surface area contributed by atoms with Crippen LogP contribution in [0.5, 0.6) is 0 Å². The highest BCUT2D eigenvalue weighted by Crippen LogP contribution is 2.32. The van der Waals surface area contributed by atoms with Crippen LogP contribution in [0.15, 0.2) is 0 Å². The Balaban J connectivity index is 2.16. The third kappa shape index (κ3) is 3.18. The first kappa shape index (κ1) is 15.8. The maximum absolute atomic E-state index is 11.3. The number of rotatable bonds is 5. The highest BCUT2D eigenvalue weighted by Gasteiger charge is 2.33. The van der Waals surface area contributed by atoms with Gasteiger partial charge < -0.3 is 10.6 Å². The maximum Gasteiger partial charge on any atom is 0.333 e. The quantitative estimate of drug-likeness (QED) is 0.641. The number of hydrogen-bond acceptors (Lipinski definition) is 5. The minimum atomic E-state index is -0.340. The molecule has 2 heterocycles. The van der Waals surface area contributed by atoms with Crippen molar-refractivity contribution in [3.63, 3.8) is 0 Å². The Bertz CT molecular complexity index is 524. The predicted molar refractivity (Wildman–Crippen MR) is 82.5 cm³/mol. The molecule has 1 aromatic heterocycles. The van der Waals surface area contributed by atoms with Crippen LogP contribution < -0.4 is 10.6 Å². The molecule has 0 aliphatic carbocycles. The Kier molecular flexibility index (Phi) is 4.51. The first-order valence-corrected chi connectivity index (χ1v) is 7.54. The lowest BCUT2D eigenvalue weighted by Gasteiger charge is -2.39. The van der Waals surface area contributed by atoms with Gasteiger partial charge in [-0.1, -0.05) is 20.8 Å². The molecule has 1 saturated heterocycles. The smallest absolute Gasteiger partial charge is 0.333 e. The van der Waals surface area contributed by atoms with Crippen molar-refractivity contribution in [2.24, 2.45) is 12.5 Å². The summed E-state index contributed by atoms with van der Waals surface area (Å²) in [5.41, 5.74) is 0.820. The van der Waals surface area contributed by atoms with Crippen molar-refractivity contribution in [2.75, 3.05) is 18.4 Å². The van der Waals surface area contributed by atoms with Crippen LogP contribution >= 0.6 is 0 Å². The van der Waals surface area contributed by atoms with Crippen LogP contribution in [0, 0.1) is 15.5 Å². The molecule has 1 atom stereocenters. The van der Waals surface area contributed by atoms with Gasteiger partial charge in [-0.2, -0.15) is 5.10 Å². The second-order valence-corrected chi connectivity index (χ2v) is 6.36. The summed E-state index contributed by atoms with van der Waals surface area (Å²) < 4.78 is 1.58. The molecule has 21 heavy (non-hydrogen) atoms. The van der Waals surface area contributed by atoms with Crippen molar-refractivity contribution in [3.8, 4) is 0 Å². The summed E-state index contributed by atoms with van der Waals surface area (Å²) in [5.74, 6) is 0.500. The summed E-state index contributed by atoms with van der Waals surface area (Å²) in [5, 5.41) is 22.3. The van der Waals surface area contributed by atoms with Gasteiger partial charge in [0.1, 0.15) is 5.69 Å². The number of piperidine rings is 1. The first-order chi connectivity index (χ1) is 9.86. The topological polar surface area (TPSA) is 85.0 Å². The van der Waals surface area contributed by atoms with Crippen LogP contribution in [-0.4, -0.2) is 33.8 Å². The zero-order chi connectivity index (χ0) is 15.6. The van der Waals surface area contributed by atoms with E-state index in [1.807, 2.05) is 6.92 Å². The van der Waals surface area contributed by atoms with Crippen molar-refractivity contribution in [1.29, 1.82) is 0 Å². The summed E-state index contributed by atoms with van der Waals surface area (Å²) in [6.45, 7) is 8.02. The van der Waals surface area contributed by atoms with E-state index in [9.17, 15) is 10.1 Å². The fraction of sp³-hybridized carbons (Fsp3) is 0.786. The monoisotopic (exact) mass is 295 g/mol. The van der Waals surface area contributed by atoms with Crippen molar-refractivity contribution >= 4 is 11.5 Å². The Morgan fingerprint density at radius 1 is 1.57 bits per heavy atom. The molecule has 2 N–H and O–H groups in total. The molecule has 0 aromatic carbocycles. The fourth-order valence-electron chi connectivity index (χ4n) is 3.01. The minimum Gasteiger partial charge on any atom is -0.363 e. The highest BCUT2D eigenvalue weighted by atomic mass is 16.6. The lowest BCUT2D eigenvalue weighted by atomic mass is 9.77. The van der Waals surface area contributed by atoms with E-state index in [1.54, 1.807) is 11.7 Å². The molecular formula is C14H25N5O2. The van der Waals surface area contributed by atoms with Crippen LogP contribution in [0.1, 0.15) is 39.3 Å². The lowest BCUT2D eigenvalue weighted by Crippen LogP contribution is -2.50. The van der Waals surface area contributed by atoms with E-state index in [-0.39, 0.29) is 16.0 Å². The second kappa shape index (κ2) is 6.01. The van der Waals surface area contributed by atoms with E-state index in [1.165, 1.54) is 12.8 Å². The second-order valence-electron chi connectivity index (χ2n) is 6.36. The average Bonchev–Trinajstić information content (AvgIpc) is 2.73. The van der Waals surface area contributed by atoms with E-state index >= 15 is 0 Å². The van der Waals surface area contributed by atoms with Crippen molar-refractivity contribution < 1.29 is 4.92 Å². The zero-order valence-corrected chi connectivity index (χ0v) is 13.3. The summed E-state index contributed by atoms with van der Waals surface area (Å²) in [6, 6.07) is 0.297. The van der Waals surface area contributed by atoms with Crippen molar-refractivity contribution in [1.82, 2.24) is 15.1 Å². The number of nitro groups is 1. The van der Waals surface area contributed by atoms with Crippen LogP contribution in [-0.2, 0) is 13.5 Å². The van der Waals surface area contributed by atoms with Gasteiger partial charge in [0.25, 0.3) is 0 Å². The summed E-state index contributed by atoms with van der Waals surface area (Å²) in [4.78, 5) is 11.0. The molecule has 0 saturated carbocycles. The number of hydrogen-bond donors (Lipinski definition) is 2. The average molecular weight is 295 g/mol. The van der Waals surface area contributed by atoms with E-state index in [4.69, 9.17) is 0 Å². The molecule has 1 aliphatic rings. The Hall–Kier alpha value is -1.63. The third-order valence-electron chi connectivity index (χ3n) is 4.42. The van der Waals surface area contributed by atoms with Crippen LogP contribution in [0.4, 0.5) is 11.5 Å². The van der Waals surface area contributed by atoms with Crippen molar-refractivity contribution in [2.45, 2.75) is 46.1 Å². The zero-order valence-electron chi connectivity index (χ0n) is 13.3. The van der Waals surface area contributed by atoms with Gasteiger partial charge in [-0.3, -0.25) is 10.1 Å². The van der Waals surface area contributed by atoms with Gasteiger partial charge in [0.2, 0.25) is 5.82 Å². The summed E-state index contributed by atoms with van der Waals surface area (Å²) in [6.07, 6.45) is 2.90. The highest BCUT2D eigenvalue weighted by molar-refractivity contribution is 5.59. The molecule has 0 radical (unpaired) electrons. The maximum atomic E-state index is 11.3. The molecule has 1 fully saturated rings. The van der Waals surface area contributed by atoms with Gasteiger partial charge in [0.15, 0.2) is 0 Å². The molecule has 2 rings (SSSR count). The van der Waals surface area contributed by atoms with Crippen LogP contribution in [0.2, 0.25) is 0 Å². The third-order valence-corrected chi connectivity index (χ3v) is 4.42. The summed E-state index contributed by atoms with van der Waals surface area (Å²) >= 11 is 0. The van der Waals surface area contributed by atoms with Crippen LogP contribution in [0.25, 0.3) is 0 Å². The van der Waals surface area contributed by atoms with E-state index in [0.717, 1.165) is 6.54 Å². The SMILES string of the molecule is CCc1nn(C)c(NCC2NCCCC2(C)C)c1[N+](=O)[O-]. The van der Waals surface area contributed by atoms with Crippen molar-refractivity contribution in [3.05, 3.63) is 15.8 Å². The molecule has 7 heteroatoms. The summed E-state index contributed by atoms with van der Waals surface area (Å²) in [7, 11) is 1.74. The Labute approximate surface area is 125 Å². The fourth-order valence-corrected chi connectivity index (χ4v) is 3.01. The number of nitrogens with one attached hydrogen (secondary N) is 2. The molecule has 7 nitrogen and oxygen atoms in total. The van der Waals surface area contributed by atoms with Gasteiger partial charge >= 0.3 is 5.69 Å². The predicted octanol–water partition coefficient (Wildman–Crippen LogP) is 2.08. The Morgan fingerprint density at radius 2 is 2.29 bits per heavy atom. The first-order valence-electron chi connectivity index (χ1n) is 7.54. The molecular weight excluding hydrogens is 270 g/mol. The number of aromatic nitrogens is 2. The number of anilines is 1. The van der Waals surface area contributed by atoms with Gasteiger partial charge in [-0.05, 0) is 31.2 Å². The Morgan fingerprint density at radius 3 is 2.86 bits per heavy atom. The number of nitrogens with zero attached hydrogens (tertiary/aromatic N) is 3. The molecule has 118 valence electrons.